The van der Waals surface area contributed by atoms with Crippen molar-refractivity contribution in [3.8, 4) is 40.2 Å². The molecule has 0 bridgehead atoms. The number of benzene rings is 8. The number of aryl methyl sites for hydroxylation is 2. The van der Waals surface area contributed by atoms with Gasteiger partial charge in [-0.15, -0.1) is 0 Å². The van der Waals surface area contributed by atoms with Crippen LogP contribution in [0.3, 0.4) is 0 Å². The number of rotatable bonds is 19. The average Bonchev–Trinajstić information content (AvgIpc) is 0.807. The molecule has 1 saturated carbocycles. The number of carbonyl (C=O) groups excluding carboxylic acids is 6. The van der Waals surface area contributed by atoms with Gasteiger partial charge in [0.1, 0.15) is 23.0 Å². The SMILES string of the molecule is COc1cc(/C=C2\COC/C(=C\c3cc(OC)c(OC)c(OC)c3)C2=O)cc(C)c1C.COc1cccc(C)c1/C=C1\CCC/C(=C\c2c(OC)cccc2OC)C1=O.O=C1/C(=C/c2ccc(Br)cc2)COC/C1=C\c1ccc(Br)cc1.O=C1/C(=C/c2ccc(Cl)c(Cl)c2)COC/C1=C\c1ccc(Cl)c(Cl)c1.O=C1/C(=C/c2ccccn2)COC/C1=C\c1ccccn1.O=C1/C(=C/c2cccnc2)COC/C1=C\c1cccnc1. The third kappa shape index (κ3) is 31.9. The molecule has 0 N–H and O–H groups in total. The second-order valence-electron chi connectivity index (χ2n) is 34.3. The summed E-state index contributed by atoms with van der Waals surface area (Å²) in [6.45, 7) is 9.06. The van der Waals surface area contributed by atoms with E-state index in [1.54, 1.807) is 166 Å². The predicted molar refractivity (Wildman–Crippen MR) is 598 cm³/mol. The van der Waals surface area contributed by atoms with Crippen molar-refractivity contribution < 1.29 is 85.6 Å². The zero-order valence-electron chi connectivity index (χ0n) is 83.6. The molecule has 5 saturated heterocycles. The number of Topliss-reactive ketones (excluding diaryl/α,β-unsaturated/α-hetero) is 6. The molecule has 0 amide bonds. The van der Waals surface area contributed by atoms with Crippen molar-refractivity contribution in [3.63, 3.8) is 0 Å². The highest BCUT2D eigenvalue weighted by atomic mass is 79.9. The third-order valence-electron chi connectivity index (χ3n) is 23.9. The lowest BCUT2D eigenvalue weighted by Gasteiger charge is -2.19. The Balaban J connectivity index is 0.000000150. The summed E-state index contributed by atoms with van der Waals surface area (Å²) in [5.74, 6) is 4.55. The van der Waals surface area contributed by atoms with Gasteiger partial charge in [-0.2, -0.15) is 0 Å². The van der Waals surface area contributed by atoms with Gasteiger partial charge in [0, 0.05) is 119 Å². The summed E-state index contributed by atoms with van der Waals surface area (Å²) >= 11 is 30.7. The van der Waals surface area contributed by atoms with Crippen LogP contribution in [-0.2, 0) is 52.5 Å². The van der Waals surface area contributed by atoms with E-state index in [1.807, 2.05) is 221 Å². The van der Waals surface area contributed by atoms with E-state index in [-0.39, 0.29) is 61.1 Å². The van der Waals surface area contributed by atoms with E-state index in [9.17, 15) is 28.8 Å². The molecular weight excluding hydrogens is 2100 g/mol. The number of ketones is 6. The molecule has 18 rings (SSSR count). The van der Waals surface area contributed by atoms with Crippen molar-refractivity contribution in [3.05, 3.63) is 423 Å². The summed E-state index contributed by atoms with van der Waals surface area (Å²) in [6.07, 6.45) is 34.7. The van der Waals surface area contributed by atoms with Crippen molar-refractivity contribution in [2.24, 2.45) is 0 Å². The molecule has 6 aliphatic rings. The quantitative estimate of drug-likeness (QED) is 0.0681. The van der Waals surface area contributed by atoms with E-state index in [0.29, 0.717) is 144 Å². The second-order valence-corrected chi connectivity index (χ2v) is 37.7. The normalized spacial score (nSPS) is 18.0. The number of pyridine rings is 4. The Morgan fingerprint density at radius 1 is 0.268 bits per heavy atom. The number of hydrogen-bond donors (Lipinski definition) is 0. The topological polar surface area (TPSA) is 265 Å². The van der Waals surface area contributed by atoms with Gasteiger partial charge < -0.3 is 56.8 Å². The molecule has 149 heavy (non-hydrogen) atoms. The molecule has 22 nitrogen and oxygen atoms in total. The lowest BCUT2D eigenvalue weighted by atomic mass is 9.86. The lowest BCUT2D eigenvalue weighted by molar-refractivity contribution is -0.115. The van der Waals surface area contributed by atoms with Crippen LogP contribution in [0.4, 0.5) is 0 Å². The Bertz CT molecular complexity index is 6850. The fraction of sp³-hybridized carbons (Fsp3) is 0.190. The van der Waals surface area contributed by atoms with Gasteiger partial charge >= 0.3 is 0 Å². The van der Waals surface area contributed by atoms with Crippen molar-refractivity contribution in [1.82, 2.24) is 19.9 Å². The second kappa shape index (κ2) is 56.2. The zero-order valence-corrected chi connectivity index (χ0v) is 89.8. The number of allylic oxidation sites excluding steroid dienone is 2. The molecule has 5 aliphatic heterocycles. The molecule has 762 valence electrons. The first kappa shape index (κ1) is 112. The Hall–Kier alpha value is -14.2. The van der Waals surface area contributed by atoms with Crippen molar-refractivity contribution in [2.75, 3.05) is 116 Å². The van der Waals surface area contributed by atoms with Crippen LogP contribution in [0.5, 0.6) is 40.2 Å². The molecular formula is C121H108Br2Cl4N4O18. The highest BCUT2D eigenvalue weighted by molar-refractivity contribution is 9.10. The number of ether oxygens (including phenoxy) is 12. The van der Waals surface area contributed by atoms with Crippen molar-refractivity contribution in [2.45, 2.75) is 40.0 Å². The third-order valence-corrected chi connectivity index (χ3v) is 26.4. The Kier molecular flexibility index (Phi) is 42.3. The molecule has 6 fully saturated rings. The Labute approximate surface area is 903 Å². The number of methoxy groups -OCH3 is 7. The van der Waals surface area contributed by atoms with E-state index in [0.717, 1.165) is 135 Å². The molecule has 1 aliphatic carbocycles. The molecule has 0 spiro atoms. The van der Waals surface area contributed by atoms with Crippen LogP contribution in [0.25, 0.3) is 72.9 Å². The maximum absolute atomic E-state index is 13.2. The van der Waals surface area contributed by atoms with Crippen LogP contribution in [0, 0.1) is 20.8 Å². The van der Waals surface area contributed by atoms with Gasteiger partial charge in [0.05, 0.1) is 153 Å². The van der Waals surface area contributed by atoms with Gasteiger partial charge in [0.2, 0.25) is 5.75 Å². The van der Waals surface area contributed by atoms with E-state index >= 15 is 0 Å². The monoisotopic (exact) mass is 2200 g/mol. The smallest absolute Gasteiger partial charge is 0.203 e. The largest absolute Gasteiger partial charge is 0.496 e. The first-order valence-corrected chi connectivity index (χ1v) is 50.3. The van der Waals surface area contributed by atoms with E-state index in [1.165, 1.54) is 0 Å². The summed E-state index contributed by atoms with van der Waals surface area (Å²) in [5, 5.41) is 1.81. The lowest BCUT2D eigenvalue weighted by Crippen LogP contribution is -2.22. The number of aromatic nitrogens is 4. The van der Waals surface area contributed by atoms with Crippen LogP contribution < -0.4 is 33.2 Å². The Morgan fingerprint density at radius 3 is 0.940 bits per heavy atom. The summed E-state index contributed by atoms with van der Waals surface area (Å²) in [6, 6.07) is 63.9. The maximum Gasteiger partial charge on any atom is 0.203 e. The first-order chi connectivity index (χ1) is 72.2. The van der Waals surface area contributed by atoms with Crippen LogP contribution >= 0.6 is 78.3 Å². The van der Waals surface area contributed by atoms with Crippen molar-refractivity contribution in [1.29, 1.82) is 0 Å². The summed E-state index contributed by atoms with van der Waals surface area (Å²) < 4.78 is 67.9. The minimum absolute atomic E-state index is 0.00226. The molecule has 0 radical (unpaired) electrons. The van der Waals surface area contributed by atoms with E-state index in [4.69, 9.17) is 103 Å². The predicted octanol–water partition coefficient (Wildman–Crippen LogP) is 26.4. The van der Waals surface area contributed by atoms with Gasteiger partial charge in [-0.25, -0.2) is 0 Å². The number of hydrogen-bond acceptors (Lipinski definition) is 22. The minimum Gasteiger partial charge on any atom is -0.496 e. The maximum atomic E-state index is 13.2. The molecule has 12 aromatic rings. The Morgan fingerprint density at radius 2 is 0.591 bits per heavy atom. The number of nitrogens with zero attached hydrogens (tertiary/aromatic N) is 4. The van der Waals surface area contributed by atoms with Gasteiger partial charge in [-0.3, -0.25) is 48.7 Å². The minimum atomic E-state index is -0.0663. The molecule has 9 heterocycles. The van der Waals surface area contributed by atoms with E-state index in [2.05, 4.69) is 51.8 Å². The summed E-state index contributed by atoms with van der Waals surface area (Å²) in [7, 11) is 11.2. The van der Waals surface area contributed by atoms with Gasteiger partial charge in [0.15, 0.2) is 46.2 Å². The molecule has 0 unspecified atom stereocenters. The fourth-order valence-corrected chi connectivity index (χ4v) is 17.3. The van der Waals surface area contributed by atoms with Gasteiger partial charge in [-0.05, 0) is 295 Å². The first-order valence-electron chi connectivity index (χ1n) is 47.2. The summed E-state index contributed by atoms with van der Waals surface area (Å²) in [4.78, 5) is 93.1. The highest BCUT2D eigenvalue weighted by Crippen LogP contribution is 2.42. The molecule has 4 aromatic heterocycles. The zero-order chi connectivity index (χ0) is 106. The van der Waals surface area contributed by atoms with E-state index < -0.39 is 0 Å². The molecule has 8 aromatic carbocycles. The number of halogens is 6. The number of carbonyl (C=O) groups is 6. The van der Waals surface area contributed by atoms with Crippen LogP contribution in [-0.4, -0.2) is 170 Å². The molecule has 28 heteroatoms. The fourth-order valence-electron chi connectivity index (χ4n) is 16.1. The van der Waals surface area contributed by atoms with Crippen LogP contribution in [0.1, 0.15) is 103 Å². The van der Waals surface area contributed by atoms with Gasteiger partial charge in [0.25, 0.3) is 0 Å². The summed E-state index contributed by atoms with van der Waals surface area (Å²) in [5.41, 5.74) is 21.3. The van der Waals surface area contributed by atoms with Crippen LogP contribution in [0.15, 0.2) is 319 Å². The standard InChI is InChI=1S/C25H28O6.C24H26O4.C19H14Br2O2.C19H12Cl4O2.2C17H14N2O2/c1-15-7-17(10-21(27-3)16(15)2)8-19-13-31-14-20(24(19)26)9-18-11-22(28-4)25(30-6)23(12-18)29-5;1-16-8-5-11-21(26-2)19(16)14-17-9-6-10-18(24(17)25)15-20-22(27-3)12-7-13-23(20)28-4;20-17-5-1-13(2-6-17)9-15-11-23-12-16(19(15)22)10-14-3-7-18(21)8-4-14;20-15-3-1-11(7-17(15)22)5-13-9-25-10-14(19(13)24)6-12-2-4-16(21)18(23)8-12;20-17-15(7-13-3-1-5-18-9-13)11-21-12-16(17)8-14-4-2-6-19-10-14;20-17-13(9-15-5-1-3-7-18-15)11-21-12-14(17)10-16-6-2-4-8-19-16/h7-12H,13-14H2,1-6H3;5,7-8,11-15H,6,9-10H2,1-4H3;1-10H,11-12H2;1-8H,9-10H2;2*1-10H,11-12H2/b19-8+,20-9+;17-14+,18-15+;15-9+,16-10+;13-5+,14-6+;15-7+,16-8+;13-9+,14-10+. The molecule has 0 atom stereocenters. The highest BCUT2D eigenvalue weighted by Gasteiger charge is 2.29. The average molecular weight is 2210 g/mol. The van der Waals surface area contributed by atoms with Crippen molar-refractivity contribution >= 4 is 186 Å². The van der Waals surface area contributed by atoms with Crippen LogP contribution in [0.2, 0.25) is 20.1 Å². The van der Waals surface area contributed by atoms with Gasteiger partial charge in [-0.1, -0.05) is 163 Å².